The number of ether oxygens (including phenoxy) is 1. The fourth-order valence-corrected chi connectivity index (χ4v) is 3.62. The van der Waals surface area contributed by atoms with Gasteiger partial charge < -0.3 is 14.6 Å². The third-order valence-corrected chi connectivity index (χ3v) is 5.13. The van der Waals surface area contributed by atoms with E-state index in [1.165, 1.54) is 25.7 Å². The van der Waals surface area contributed by atoms with Gasteiger partial charge in [-0.3, -0.25) is 4.79 Å². The first-order chi connectivity index (χ1) is 12.2. The zero-order valence-corrected chi connectivity index (χ0v) is 15.1. The largest absolute Gasteiger partial charge is 0.497 e. The standard InChI is InChI=1S/C20H27N3O2/c1-23-14-13-21-20(23)19(16-8-10-17(25-2)11-9-16)22-18(24)12-7-15-5-3-4-6-15/h8-11,13-15,19H,3-7,12H2,1-2H3,(H,22,24). The highest BCUT2D eigenvalue weighted by molar-refractivity contribution is 5.76. The molecule has 0 saturated heterocycles. The van der Waals surface area contributed by atoms with E-state index in [1.54, 1.807) is 13.3 Å². The predicted molar refractivity (Wildman–Crippen MR) is 97.4 cm³/mol. The van der Waals surface area contributed by atoms with Crippen LogP contribution in [0, 0.1) is 5.92 Å². The maximum absolute atomic E-state index is 12.5. The minimum atomic E-state index is -0.248. The summed E-state index contributed by atoms with van der Waals surface area (Å²) < 4.78 is 7.18. The molecule has 1 heterocycles. The number of hydrogen-bond donors (Lipinski definition) is 1. The predicted octanol–water partition coefficient (Wildman–Crippen LogP) is 3.60. The number of aryl methyl sites for hydroxylation is 1. The lowest BCUT2D eigenvalue weighted by Gasteiger charge is -2.20. The van der Waals surface area contributed by atoms with Gasteiger partial charge in [0.1, 0.15) is 17.6 Å². The molecule has 1 aliphatic carbocycles. The van der Waals surface area contributed by atoms with Crippen LogP contribution in [0.5, 0.6) is 5.75 Å². The number of methoxy groups -OCH3 is 1. The summed E-state index contributed by atoms with van der Waals surface area (Å²) in [6, 6.07) is 7.54. The summed E-state index contributed by atoms with van der Waals surface area (Å²) in [7, 11) is 3.60. The number of carbonyl (C=O) groups is 1. The van der Waals surface area contributed by atoms with Crippen molar-refractivity contribution in [2.24, 2.45) is 13.0 Å². The zero-order valence-electron chi connectivity index (χ0n) is 15.1. The van der Waals surface area contributed by atoms with Crippen molar-refractivity contribution in [3.05, 3.63) is 48.0 Å². The second-order valence-corrected chi connectivity index (χ2v) is 6.86. The Bertz CT molecular complexity index is 687. The summed E-state index contributed by atoms with van der Waals surface area (Å²) in [5, 5.41) is 3.17. The Hall–Kier alpha value is -2.30. The molecular weight excluding hydrogens is 314 g/mol. The van der Waals surface area contributed by atoms with Crippen molar-refractivity contribution in [1.29, 1.82) is 0 Å². The van der Waals surface area contributed by atoms with E-state index in [1.807, 2.05) is 42.1 Å². The van der Waals surface area contributed by atoms with Gasteiger partial charge in [-0.1, -0.05) is 37.8 Å². The van der Waals surface area contributed by atoms with Crippen LogP contribution in [0.1, 0.15) is 56.0 Å². The molecule has 0 aliphatic heterocycles. The van der Waals surface area contributed by atoms with Crippen molar-refractivity contribution in [2.75, 3.05) is 7.11 Å². The number of benzene rings is 1. The number of hydrogen-bond acceptors (Lipinski definition) is 3. The molecule has 1 aromatic carbocycles. The minimum Gasteiger partial charge on any atom is -0.497 e. The summed E-state index contributed by atoms with van der Waals surface area (Å²) >= 11 is 0. The van der Waals surface area contributed by atoms with Crippen LogP contribution in [0.3, 0.4) is 0 Å². The van der Waals surface area contributed by atoms with E-state index < -0.39 is 0 Å². The maximum Gasteiger partial charge on any atom is 0.220 e. The van der Waals surface area contributed by atoms with Crippen LogP contribution in [0.25, 0.3) is 0 Å². The van der Waals surface area contributed by atoms with Gasteiger partial charge in [-0.15, -0.1) is 0 Å². The van der Waals surface area contributed by atoms with Gasteiger partial charge in [0.15, 0.2) is 0 Å². The normalized spacial score (nSPS) is 15.9. The molecule has 5 nitrogen and oxygen atoms in total. The molecule has 1 fully saturated rings. The third kappa shape index (κ3) is 4.41. The number of aromatic nitrogens is 2. The fourth-order valence-electron chi connectivity index (χ4n) is 3.62. The highest BCUT2D eigenvalue weighted by Crippen LogP contribution is 2.29. The Labute approximate surface area is 149 Å². The molecule has 1 N–H and O–H groups in total. The third-order valence-electron chi connectivity index (χ3n) is 5.13. The topological polar surface area (TPSA) is 56.1 Å². The highest BCUT2D eigenvalue weighted by Gasteiger charge is 2.22. The number of amides is 1. The summed E-state index contributed by atoms with van der Waals surface area (Å²) in [5.74, 6) is 2.45. The number of carbonyl (C=O) groups excluding carboxylic acids is 1. The average Bonchev–Trinajstić information content (AvgIpc) is 3.30. The summed E-state index contributed by atoms with van der Waals surface area (Å²) in [6.07, 6.45) is 10.4. The monoisotopic (exact) mass is 341 g/mol. The van der Waals surface area contributed by atoms with Crippen LogP contribution < -0.4 is 10.1 Å². The van der Waals surface area contributed by atoms with Crippen molar-refractivity contribution in [1.82, 2.24) is 14.9 Å². The maximum atomic E-state index is 12.5. The van der Waals surface area contributed by atoms with E-state index in [4.69, 9.17) is 4.74 Å². The second kappa shape index (κ2) is 8.19. The molecule has 134 valence electrons. The summed E-state index contributed by atoms with van der Waals surface area (Å²) in [4.78, 5) is 17.0. The molecule has 1 amide bonds. The van der Waals surface area contributed by atoms with E-state index in [9.17, 15) is 4.79 Å². The lowest BCUT2D eigenvalue weighted by Crippen LogP contribution is -2.31. The molecule has 0 bridgehead atoms. The van der Waals surface area contributed by atoms with E-state index in [0.29, 0.717) is 6.42 Å². The van der Waals surface area contributed by atoms with Crippen LogP contribution in [-0.4, -0.2) is 22.6 Å². The molecule has 1 unspecified atom stereocenters. The molecular formula is C20H27N3O2. The number of imidazole rings is 1. The second-order valence-electron chi connectivity index (χ2n) is 6.86. The SMILES string of the molecule is COc1ccc(C(NC(=O)CCC2CCCC2)c2nccn2C)cc1. The number of nitrogens with one attached hydrogen (secondary N) is 1. The van der Waals surface area contributed by atoms with Crippen molar-refractivity contribution in [3.63, 3.8) is 0 Å². The van der Waals surface area contributed by atoms with Gasteiger partial charge in [0.2, 0.25) is 5.91 Å². The van der Waals surface area contributed by atoms with Gasteiger partial charge >= 0.3 is 0 Å². The molecule has 3 rings (SSSR count). The Morgan fingerprint density at radius 3 is 2.64 bits per heavy atom. The lowest BCUT2D eigenvalue weighted by molar-refractivity contribution is -0.121. The van der Waals surface area contributed by atoms with Crippen molar-refractivity contribution in [3.8, 4) is 5.75 Å². The van der Waals surface area contributed by atoms with Crippen molar-refractivity contribution >= 4 is 5.91 Å². The molecule has 0 spiro atoms. The molecule has 1 atom stereocenters. The van der Waals surface area contributed by atoms with Gasteiger partial charge in [0, 0.05) is 25.9 Å². The first kappa shape index (κ1) is 17.5. The highest BCUT2D eigenvalue weighted by atomic mass is 16.5. The van der Waals surface area contributed by atoms with Crippen molar-refractivity contribution < 1.29 is 9.53 Å². The van der Waals surface area contributed by atoms with Crippen molar-refractivity contribution in [2.45, 2.75) is 44.6 Å². The van der Waals surface area contributed by atoms with Gasteiger partial charge in [0.25, 0.3) is 0 Å². The fraction of sp³-hybridized carbons (Fsp3) is 0.500. The Balaban J connectivity index is 1.71. The smallest absolute Gasteiger partial charge is 0.220 e. The Morgan fingerprint density at radius 1 is 1.32 bits per heavy atom. The molecule has 25 heavy (non-hydrogen) atoms. The molecule has 5 heteroatoms. The molecule has 2 aromatic rings. The van der Waals surface area contributed by atoms with Gasteiger partial charge in [-0.05, 0) is 30.0 Å². The van der Waals surface area contributed by atoms with E-state index in [2.05, 4.69) is 10.3 Å². The Morgan fingerprint density at radius 2 is 2.04 bits per heavy atom. The first-order valence-electron chi connectivity index (χ1n) is 9.08. The average molecular weight is 341 g/mol. The molecule has 1 saturated carbocycles. The quantitative estimate of drug-likeness (QED) is 0.837. The zero-order chi connectivity index (χ0) is 17.6. The van der Waals surface area contributed by atoms with Crippen LogP contribution in [-0.2, 0) is 11.8 Å². The Kier molecular flexibility index (Phi) is 5.74. The molecule has 1 aromatic heterocycles. The molecule has 1 aliphatic rings. The van der Waals surface area contributed by atoms with Crippen LogP contribution in [0.2, 0.25) is 0 Å². The number of nitrogens with zero attached hydrogens (tertiary/aromatic N) is 2. The first-order valence-corrected chi connectivity index (χ1v) is 9.08. The van der Waals surface area contributed by atoms with Crippen LogP contribution in [0.4, 0.5) is 0 Å². The van der Waals surface area contributed by atoms with Crippen LogP contribution >= 0.6 is 0 Å². The van der Waals surface area contributed by atoms with E-state index in [-0.39, 0.29) is 11.9 Å². The van der Waals surface area contributed by atoms with Gasteiger partial charge in [0.05, 0.1) is 7.11 Å². The van der Waals surface area contributed by atoms with E-state index in [0.717, 1.165) is 29.5 Å². The van der Waals surface area contributed by atoms with Crippen LogP contribution in [0.15, 0.2) is 36.7 Å². The minimum absolute atomic E-state index is 0.0933. The van der Waals surface area contributed by atoms with Gasteiger partial charge in [-0.25, -0.2) is 4.98 Å². The molecule has 0 radical (unpaired) electrons. The van der Waals surface area contributed by atoms with Gasteiger partial charge in [-0.2, -0.15) is 0 Å². The summed E-state index contributed by atoms with van der Waals surface area (Å²) in [6.45, 7) is 0. The van der Waals surface area contributed by atoms with E-state index >= 15 is 0 Å². The lowest BCUT2D eigenvalue weighted by atomic mass is 10.0. The number of rotatable bonds is 7. The summed E-state index contributed by atoms with van der Waals surface area (Å²) in [5.41, 5.74) is 1.00.